The fourth-order valence-electron chi connectivity index (χ4n) is 2.52. The zero-order valence-electron chi connectivity index (χ0n) is 11.9. The van der Waals surface area contributed by atoms with E-state index in [1.54, 1.807) is 12.1 Å². The Morgan fingerprint density at radius 1 is 1.32 bits per heavy atom. The second kappa shape index (κ2) is 6.19. The predicted molar refractivity (Wildman–Crippen MR) is 86.0 cm³/mol. The Kier molecular flexibility index (Phi) is 4.11. The highest BCUT2D eigenvalue weighted by atomic mass is 35.5. The van der Waals surface area contributed by atoms with Gasteiger partial charge >= 0.3 is 0 Å². The highest BCUT2D eigenvalue weighted by molar-refractivity contribution is 6.35. The molecular weight excluding hydrogens is 302 g/mol. The number of amides is 1. The number of aromatic nitrogens is 2. The van der Waals surface area contributed by atoms with E-state index in [1.807, 2.05) is 23.1 Å². The number of rotatable bonds is 3. The molecule has 0 saturated carbocycles. The fourth-order valence-corrected chi connectivity index (χ4v) is 2.74. The predicted octanol–water partition coefficient (Wildman–Crippen LogP) is 1.72. The molecular formula is C15H16ClN5O. The molecule has 1 fully saturated rings. The van der Waals surface area contributed by atoms with Gasteiger partial charge in [0.2, 0.25) is 0 Å². The summed E-state index contributed by atoms with van der Waals surface area (Å²) in [4.78, 5) is 22.2. The van der Waals surface area contributed by atoms with E-state index in [9.17, 15) is 4.79 Å². The monoisotopic (exact) mass is 317 g/mol. The van der Waals surface area contributed by atoms with Gasteiger partial charge in [0.05, 0.1) is 0 Å². The maximum Gasteiger partial charge on any atom is 0.251 e. The van der Waals surface area contributed by atoms with E-state index in [1.165, 1.54) is 6.33 Å². The van der Waals surface area contributed by atoms with Gasteiger partial charge in [0, 0.05) is 24.7 Å². The molecule has 1 atom stereocenters. The first-order valence-corrected chi connectivity index (χ1v) is 7.40. The van der Waals surface area contributed by atoms with Gasteiger partial charge < -0.3 is 16.0 Å². The summed E-state index contributed by atoms with van der Waals surface area (Å²) in [6.45, 7) is 1.41. The van der Waals surface area contributed by atoms with Crippen LogP contribution in [-0.2, 0) is 0 Å². The van der Waals surface area contributed by atoms with Crippen molar-refractivity contribution in [2.75, 3.05) is 23.7 Å². The Morgan fingerprint density at radius 3 is 2.86 bits per heavy atom. The van der Waals surface area contributed by atoms with E-state index in [0.717, 1.165) is 13.0 Å². The topological polar surface area (TPSA) is 84.1 Å². The van der Waals surface area contributed by atoms with Crippen molar-refractivity contribution in [1.29, 1.82) is 0 Å². The number of carbonyl (C=O) groups excluding carboxylic acids is 1. The van der Waals surface area contributed by atoms with Crippen LogP contribution in [0.15, 0.2) is 36.7 Å². The molecule has 1 aromatic heterocycles. The van der Waals surface area contributed by atoms with Gasteiger partial charge in [-0.25, -0.2) is 9.97 Å². The molecule has 0 bridgehead atoms. The Bertz CT molecular complexity index is 679. The molecule has 2 heterocycles. The molecule has 7 heteroatoms. The molecule has 1 aliphatic rings. The van der Waals surface area contributed by atoms with Crippen LogP contribution in [-0.4, -0.2) is 35.0 Å². The maximum atomic E-state index is 12.2. The lowest BCUT2D eigenvalue weighted by Gasteiger charge is -2.19. The van der Waals surface area contributed by atoms with Gasteiger partial charge in [-0.3, -0.25) is 4.79 Å². The second-order valence-corrected chi connectivity index (χ2v) is 5.55. The van der Waals surface area contributed by atoms with Gasteiger partial charge in [0.25, 0.3) is 5.91 Å². The van der Waals surface area contributed by atoms with Crippen molar-refractivity contribution in [3.63, 3.8) is 0 Å². The number of benzene rings is 1. The van der Waals surface area contributed by atoms with Crippen molar-refractivity contribution in [2.24, 2.45) is 0 Å². The molecule has 1 aromatic carbocycles. The van der Waals surface area contributed by atoms with Crippen molar-refractivity contribution in [3.8, 4) is 0 Å². The summed E-state index contributed by atoms with van der Waals surface area (Å²) in [5.74, 6) is 0.815. The summed E-state index contributed by atoms with van der Waals surface area (Å²) < 4.78 is 0. The minimum atomic E-state index is -0.0688. The molecule has 1 aliphatic heterocycles. The molecule has 0 aliphatic carbocycles. The molecule has 0 spiro atoms. The molecule has 1 amide bonds. The van der Waals surface area contributed by atoms with Crippen LogP contribution >= 0.6 is 11.6 Å². The summed E-state index contributed by atoms with van der Waals surface area (Å²) in [6.07, 6.45) is 2.23. The number of carbonyl (C=O) groups is 1. The normalized spacial score (nSPS) is 17.5. The van der Waals surface area contributed by atoms with E-state index in [0.29, 0.717) is 22.9 Å². The Labute approximate surface area is 133 Å². The van der Waals surface area contributed by atoms with Gasteiger partial charge in [0.15, 0.2) is 5.82 Å². The van der Waals surface area contributed by atoms with Crippen LogP contribution in [0.5, 0.6) is 0 Å². The van der Waals surface area contributed by atoms with Crippen LogP contribution in [0.2, 0.25) is 5.02 Å². The highest BCUT2D eigenvalue weighted by Crippen LogP contribution is 2.29. The first-order chi connectivity index (χ1) is 10.6. The van der Waals surface area contributed by atoms with E-state index in [-0.39, 0.29) is 17.8 Å². The van der Waals surface area contributed by atoms with Crippen molar-refractivity contribution < 1.29 is 4.79 Å². The first kappa shape index (κ1) is 14.6. The SMILES string of the molecule is Nc1ncnc(N2CC[C@@H](NC(=O)c3ccccc3)C2)c1Cl. The lowest BCUT2D eigenvalue weighted by molar-refractivity contribution is 0.0940. The molecule has 114 valence electrons. The highest BCUT2D eigenvalue weighted by Gasteiger charge is 2.27. The van der Waals surface area contributed by atoms with Gasteiger partial charge in [-0.2, -0.15) is 0 Å². The van der Waals surface area contributed by atoms with Gasteiger partial charge in [0.1, 0.15) is 17.2 Å². The number of halogens is 1. The van der Waals surface area contributed by atoms with Gasteiger partial charge in [-0.15, -0.1) is 0 Å². The number of nitrogens with zero attached hydrogens (tertiary/aromatic N) is 3. The summed E-state index contributed by atoms with van der Waals surface area (Å²) in [5.41, 5.74) is 6.36. The molecule has 1 saturated heterocycles. The van der Waals surface area contributed by atoms with Gasteiger partial charge in [-0.05, 0) is 18.6 Å². The summed E-state index contributed by atoms with van der Waals surface area (Å²) in [6, 6.07) is 9.22. The third-order valence-electron chi connectivity index (χ3n) is 3.66. The minimum Gasteiger partial charge on any atom is -0.382 e. The quantitative estimate of drug-likeness (QED) is 0.900. The van der Waals surface area contributed by atoms with Crippen molar-refractivity contribution in [1.82, 2.24) is 15.3 Å². The zero-order chi connectivity index (χ0) is 15.5. The number of nitrogens with two attached hydrogens (primary N) is 1. The standard InChI is InChI=1S/C15H16ClN5O/c16-12-13(17)18-9-19-14(12)21-7-6-11(8-21)20-15(22)10-4-2-1-3-5-10/h1-5,9,11H,6-8H2,(H,20,22)(H2,17,18,19)/t11-/m1/s1. The van der Waals surface area contributed by atoms with Crippen LogP contribution in [0.1, 0.15) is 16.8 Å². The number of anilines is 2. The lowest BCUT2D eigenvalue weighted by Crippen LogP contribution is -2.37. The number of hydrogen-bond donors (Lipinski definition) is 2. The third kappa shape index (κ3) is 2.96. The van der Waals surface area contributed by atoms with Crippen molar-refractivity contribution >= 4 is 29.1 Å². The third-order valence-corrected chi connectivity index (χ3v) is 4.02. The smallest absolute Gasteiger partial charge is 0.251 e. The zero-order valence-corrected chi connectivity index (χ0v) is 12.6. The van der Waals surface area contributed by atoms with E-state index >= 15 is 0 Å². The number of nitrogen functional groups attached to an aromatic ring is 1. The molecule has 3 N–H and O–H groups in total. The average Bonchev–Trinajstić information content (AvgIpc) is 2.99. The molecule has 6 nitrogen and oxygen atoms in total. The van der Waals surface area contributed by atoms with Crippen LogP contribution in [0, 0.1) is 0 Å². The van der Waals surface area contributed by atoms with Crippen LogP contribution in [0.3, 0.4) is 0 Å². The Morgan fingerprint density at radius 2 is 2.09 bits per heavy atom. The number of hydrogen-bond acceptors (Lipinski definition) is 5. The molecule has 0 unspecified atom stereocenters. The van der Waals surface area contributed by atoms with Crippen molar-refractivity contribution in [3.05, 3.63) is 47.2 Å². The summed E-state index contributed by atoms with van der Waals surface area (Å²) in [5, 5.41) is 3.39. The second-order valence-electron chi connectivity index (χ2n) is 5.17. The fraction of sp³-hybridized carbons (Fsp3) is 0.267. The largest absolute Gasteiger partial charge is 0.382 e. The van der Waals surface area contributed by atoms with E-state index < -0.39 is 0 Å². The molecule has 0 radical (unpaired) electrons. The van der Waals surface area contributed by atoms with Gasteiger partial charge in [-0.1, -0.05) is 29.8 Å². The molecule has 3 rings (SSSR count). The van der Waals surface area contributed by atoms with E-state index in [4.69, 9.17) is 17.3 Å². The molecule has 2 aromatic rings. The van der Waals surface area contributed by atoms with Crippen LogP contribution in [0.4, 0.5) is 11.6 Å². The van der Waals surface area contributed by atoms with E-state index in [2.05, 4.69) is 15.3 Å². The Balaban J connectivity index is 1.65. The molecule has 22 heavy (non-hydrogen) atoms. The van der Waals surface area contributed by atoms with Crippen LogP contribution in [0.25, 0.3) is 0 Å². The average molecular weight is 318 g/mol. The Hall–Kier alpha value is -2.34. The van der Waals surface area contributed by atoms with Crippen molar-refractivity contribution in [2.45, 2.75) is 12.5 Å². The maximum absolute atomic E-state index is 12.2. The van der Waals surface area contributed by atoms with Crippen LogP contribution < -0.4 is 16.0 Å². The summed E-state index contributed by atoms with van der Waals surface area (Å²) >= 11 is 6.14. The summed E-state index contributed by atoms with van der Waals surface area (Å²) in [7, 11) is 0. The number of nitrogens with one attached hydrogen (secondary N) is 1. The lowest BCUT2D eigenvalue weighted by atomic mass is 10.2. The first-order valence-electron chi connectivity index (χ1n) is 7.02. The minimum absolute atomic E-state index is 0.0555.